The second-order valence-corrected chi connectivity index (χ2v) is 10.8. The fourth-order valence-electron chi connectivity index (χ4n) is 2.99. The number of rotatable bonds is 7. The Balaban J connectivity index is 1.46. The zero-order chi connectivity index (χ0) is 22.3. The van der Waals surface area contributed by atoms with Crippen LogP contribution < -0.4 is 11.1 Å². The SMILES string of the molecule is Cc1nnc(SCC2=C(C(=O)O)N3C(=O)C(NC(=O)C(=O)c4csc(N)n4)[C@H]3SC2)s1. The van der Waals surface area contributed by atoms with Crippen molar-refractivity contribution < 1.29 is 24.3 Å². The van der Waals surface area contributed by atoms with E-state index in [0.29, 0.717) is 21.4 Å². The number of nitrogens with one attached hydrogen (secondary N) is 1. The first-order chi connectivity index (χ1) is 14.8. The number of β-lactam (4-membered cyclic amide) rings is 1. The maximum Gasteiger partial charge on any atom is 0.352 e. The molecule has 2 aromatic rings. The molecule has 0 spiro atoms. The summed E-state index contributed by atoms with van der Waals surface area (Å²) in [4.78, 5) is 53.9. The first-order valence-corrected chi connectivity index (χ1v) is 12.4. The summed E-state index contributed by atoms with van der Waals surface area (Å²) in [6.07, 6.45) is 0. The molecule has 2 aliphatic rings. The number of anilines is 1. The third-order valence-electron chi connectivity index (χ3n) is 4.37. The molecule has 4 heterocycles. The van der Waals surface area contributed by atoms with E-state index in [1.54, 1.807) is 0 Å². The number of fused-ring (bicyclic) bond motifs is 1. The van der Waals surface area contributed by atoms with Gasteiger partial charge in [-0.25, -0.2) is 9.78 Å². The minimum absolute atomic E-state index is 0.0911. The first kappa shape index (κ1) is 21.7. The second-order valence-electron chi connectivity index (χ2n) is 6.39. The molecule has 0 aliphatic carbocycles. The van der Waals surface area contributed by atoms with Gasteiger partial charge in [0, 0.05) is 16.9 Å². The average molecular weight is 499 g/mol. The van der Waals surface area contributed by atoms with E-state index >= 15 is 0 Å². The number of hydrogen-bond donors (Lipinski definition) is 3. The normalized spacial score (nSPS) is 20.3. The van der Waals surface area contributed by atoms with Crippen molar-refractivity contribution in [3.8, 4) is 0 Å². The van der Waals surface area contributed by atoms with Gasteiger partial charge in [0.2, 0.25) is 0 Å². The van der Waals surface area contributed by atoms with E-state index in [4.69, 9.17) is 5.73 Å². The molecule has 162 valence electrons. The van der Waals surface area contributed by atoms with E-state index in [2.05, 4.69) is 20.5 Å². The highest BCUT2D eigenvalue weighted by Crippen LogP contribution is 2.41. The maximum atomic E-state index is 12.7. The number of aliphatic carboxylic acids is 1. The Bertz CT molecular complexity index is 1130. The van der Waals surface area contributed by atoms with Gasteiger partial charge in [-0.2, -0.15) is 0 Å². The molecule has 0 bridgehead atoms. The summed E-state index contributed by atoms with van der Waals surface area (Å²) in [5.74, 6) is -2.98. The zero-order valence-corrected chi connectivity index (χ0v) is 19.0. The zero-order valence-electron chi connectivity index (χ0n) is 15.7. The lowest BCUT2D eigenvalue weighted by atomic mass is 10.0. The molecule has 31 heavy (non-hydrogen) atoms. The van der Waals surface area contributed by atoms with E-state index in [-0.39, 0.29) is 16.5 Å². The van der Waals surface area contributed by atoms with Crippen LogP contribution in [0.2, 0.25) is 0 Å². The average Bonchev–Trinajstić information content (AvgIpc) is 3.36. The predicted molar refractivity (Wildman–Crippen MR) is 116 cm³/mol. The number of carboxylic acids is 1. The molecule has 0 aromatic carbocycles. The van der Waals surface area contributed by atoms with Gasteiger partial charge >= 0.3 is 5.97 Å². The summed E-state index contributed by atoms with van der Waals surface area (Å²) in [6.45, 7) is 1.83. The molecule has 2 aliphatic heterocycles. The fourth-order valence-corrected chi connectivity index (χ4v) is 6.84. The standard InChI is InChI=1S/C16H14N6O5S4/c1-5-20-21-16(31-5)30-3-6-2-28-13-8(12(25)22(13)9(6)14(26)27)19-11(24)10(23)7-4-29-15(17)18-7/h4,8,13H,2-3H2,1H3,(H2,17,18)(H,19,24)(H,26,27)/t8?,13-/m1/s1. The van der Waals surface area contributed by atoms with E-state index < -0.39 is 35.0 Å². The summed E-state index contributed by atoms with van der Waals surface area (Å²) < 4.78 is 0.711. The summed E-state index contributed by atoms with van der Waals surface area (Å²) >= 11 is 5.10. The topological polar surface area (TPSA) is 168 Å². The Kier molecular flexibility index (Phi) is 6.00. The van der Waals surface area contributed by atoms with Crippen molar-refractivity contribution in [3.05, 3.63) is 27.4 Å². The Hall–Kier alpha value is -2.49. The van der Waals surface area contributed by atoms with Gasteiger partial charge in [0.1, 0.15) is 27.8 Å². The van der Waals surface area contributed by atoms with Gasteiger partial charge in [0.25, 0.3) is 17.6 Å². The Morgan fingerprint density at radius 1 is 1.39 bits per heavy atom. The molecule has 4 N–H and O–H groups in total. The molecular weight excluding hydrogens is 484 g/mol. The third kappa shape index (κ3) is 4.17. The molecule has 2 amide bonds. The number of carbonyl (C=O) groups is 4. The van der Waals surface area contributed by atoms with Crippen molar-refractivity contribution in [2.75, 3.05) is 17.2 Å². The number of ketones is 1. The van der Waals surface area contributed by atoms with E-state index in [1.807, 2.05) is 6.92 Å². The molecule has 11 nitrogen and oxygen atoms in total. The van der Waals surface area contributed by atoms with Crippen molar-refractivity contribution in [1.82, 2.24) is 25.4 Å². The smallest absolute Gasteiger partial charge is 0.352 e. The van der Waals surface area contributed by atoms with Crippen molar-refractivity contribution in [1.29, 1.82) is 0 Å². The van der Waals surface area contributed by atoms with Gasteiger partial charge < -0.3 is 16.2 Å². The first-order valence-electron chi connectivity index (χ1n) is 8.65. The number of carboxylic acid groups (broad SMARTS) is 1. The number of Topliss-reactive ketones (excluding diaryl/α,β-unsaturated/α-hetero) is 1. The lowest BCUT2D eigenvalue weighted by Crippen LogP contribution is -2.71. The third-order valence-corrected chi connectivity index (χ3v) is 8.45. The second kappa shape index (κ2) is 8.57. The minimum Gasteiger partial charge on any atom is -0.477 e. The van der Waals surface area contributed by atoms with Crippen LogP contribution in [0.5, 0.6) is 0 Å². The number of nitrogens with zero attached hydrogens (tertiary/aromatic N) is 4. The van der Waals surface area contributed by atoms with Crippen molar-refractivity contribution >= 4 is 74.9 Å². The largest absolute Gasteiger partial charge is 0.477 e. The maximum absolute atomic E-state index is 12.7. The number of hydrogen-bond acceptors (Lipinski definition) is 12. The van der Waals surface area contributed by atoms with Crippen molar-refractivity contribution in [3.63, 3.8) is 0 Å². The molecule has 1 saturated heterocycles. The van der Waals surface area contributed by atoms with Crippen LogP contribution in [-0.2, 0) is 14.4 Å². The van der Waals surface area contributed by atoms with Crippen LogP contribution in [-0.4, -0.2) is 71.7 Å². The molecule has 1 unspecified atom stereocenters. The van der Waals surface area contributed by atoms with Crippen LogP contribution in [0.4, 0.5) is 5.13 Å². The molecular formula is C16H14N6O5S4. The highest BCUT2D eigenvalue weighted by Gasteiger charge is 2.54. The lowest BCUT2D eigenvalue weighted by Gasteiger charge is -2.49. The van der Waals surface area contributed by atoms with E-state index in [1.165, 1.54) is 40.2 Å². The Morgan fingerprint density at radius 2 is 2.16 bits per heavy atom. The summed E-state index contributed by atoms with van der Waals surface area (Å²) in [5.41, 5.74) is 5.87. The quantitative estimate of drug-likeness (QED) is 0.211. The molecule has 4 rings (SSSR count). The minimum atomic E-state index is -1.22. The fraction of sp³-hybridized carbons (Fsp3) is 0.312. The van der Waals surface area contributed by atoms with Crippen LogP contribution in [0.3, 0.4) is 0 Å². The molecule has 1 fully saturated rings. The monoisotopic (exact) mass is 498 g/mol. The number of aromatic nitrogens is 3. The van der Waals surface area contributed by atoms with Crippen molar-refractivity contribution in [2.45, 2.75) is 22.7 Å². The number of nitrogens with two attached hydrogens (primary N) is 1. The number of thiazole rings is 1. The van der Waals surface area contributed by atoms with Gasteiger partial charge in [-0.05, 0) is 12.5 Å². The predicted octanol–water partition coefficient (Wildman–Crippen LogP) is 0.599. The molecule has 0 radical (unpaired) electrons. The van der Waals surface area contributed by atoms with Gasteiger partial charge in [0.15, 0.2) is 9.47 Å². The highest BCUT2D eigenvalue weighted by molar-refractivity contribution is 8.01. The molecule has 2 aromatic heterocycles. The number of amides is 2. The molecule has 0 saturated carbocycles. The van der Waals surface area contributed by atoms with Crippen LogP contribution in [0, 0.1) is 6.92 Å². The number of nitrogen functional groups attached to an aromatic ring is 1. The van der Waals surface area contributed by atoms with E-state index in [9.17, 15) is 24.3 Å². The van der Waals surface area contributed by atoms with E-state index in [0.717, 1.165) is 21.2 Å². The van der Waals surface area contributed by atoms with Gasteiger partial charge in [0.05, 0.1) is 0 Å². The Labute approximate surface area is 191 Å². The van der Waals surface area contributed by atoms with Crippen LogP contribution in [0.25, 0.3) is 0 Å². The summed E-state index contributed by atoms with van der Waals surface area (Å²) in [5, 5.41) is 21.7. The van der Waals surface area contributed by atoms with Gasteiger partial charge in [-0.1, -0.05) is 23.1 Å². The van der Waals surface area contributed by atoms with Gasteiger partial charge in [-0.15, -0.1) is 33.3 Å². The number of aryl methyl sites for hydroxylation is 1. The van der Waals surface area contributed by atoms with Crippen LogP contribution in [0.15, 0.2) is 21.0 Å². The highest BCUT2D eigenvalue weighted by atomic mass is 32.2. The summed E-state index contributed by atoms with van der Waals surface area (Å²) in [6, 6.07) is -0.994. The molecule has 2 atom stereocenters. The number of carbonyl (C=O) groups excluding carboxylic acids is 3. The van der Waals surface area contributed by atoms with Crippen LogP contribution >= 0.6 is 46.2 Å². The summed E-state index contributed by atoms with van der Waals surface area (Å²) in [7, 11) is 0. The van der Waals surface area contributed by atoms with Crippen LogP contribution in [0.1, 0.15) is 15.5 Å². The number of thioether (sulfide) groups is 2. The Morgan fingerprint density at radius 3 is 2.77 bits per heavy atom. The van der Waals surface area contributed by atoms with Crippen molar-refractivity contribution in [2.24, 2.45) is 0 Å². The molecule has 15 heteroatoms. The van der Waals surface area contributed by atoms with Gasteiger partial charge in [-0.3, -0.25) is 19.3 Å². The lowest BCUT2D eigenvalue weighted by molar-refractivity contribution is -0.150.